The van der Waals surface area contributed by atoms with Crippen LogP contribution in [0, 0.1) is 0 Å². The van der Waals surface area contributed by atoms with Crippen LogP contribution in [-0.4, -0.2) is 51.2 Å². The summed E-state index contributed by atoms with van der Waals surface area (Å²) in [5.74, 6) is 3.24. The minimum Gasteiger partial charge on any atom is -0.497 e. The Kier molecular flexibility index (Phi) is 10.1. The summed E-state index contributed by atoms with van der Waals surface area (Å²) in [6, 6.07) is 13.5. The van der Waals surface area contributed by atoms with Crippen molar-refractivity contribution in [2.75, 3.05) is 35.5 Å². The van der Waals surface area contributed by atoms with Gasteiger partial charge in [-0.05, 0) is 48.0 Å². The van der Waals surface area contributed by atoms with E-state index in [-0.39, 0.29) is 24.0 Å². The highest BCUT2D eigenvalue weighted by atomic mass is 127. The minimum absolute atomic E-state index is 0. The molecule has 2 aromatic carbocycles. The van der Waals surface area contributed by atoms with Gasteiger partial charge >= 0.3 is 0 Å². The van der Waals surface area contributed by atoms with Crippen molar-refractivity contribution in [1.82, 2.24) is 20.4 Å². The van der Waals surface area contributed by atoms with Gasteiger partial charge in [0.1, 0.15) is 5.75 Å². The molecule has 0 aliphatic carbocycles. The standard InChI is InChI=1S/C23H29N5O4.HI/c1-24-23(25-14-16-12-20(30-3)22(32-5)21(13-16)31-4)26-15-17-10-11-28(27-17)18-6-8-19(29-2)9-7-18;/h6-13H,14-15H2,1-5H3,(H2,24,25,26);1H. The van der Waals surface area contributed by atoms with Crippen LogP contribution in [0.1, 0.15) is 11.3 Å². The van der Waals surface area contributed by atoms with Crippen LogP contribution in [0.4, 0.5) is 0 Å². The molecule has 0 unspecified atom stereocenters. The van der Waals surface area contributed by atoms with E-state index in [0.717, 1.165) is 22.7 Å². The summed E-state index contributed by atoms with van der Waals surface area (Å²) in [5, 5.41) is 11.2. The molecule has 33 heavy (non-hydrogen) atoms. The fourth-order valence-electron chi connectivity index (χ4n) is 3.15. The van der Waals surface area contributed by atoms with Crippen LogP contribution in [0.25, 0.3) is 5.69 Å². The monoisotopic (exact) mass is 567 g/mol. The van der Waals surface area contributed by atoms with Gasteiger partial charge < -0.3 is 29.6 Å². The van der Waals surface area contributed by atoms with E-state index in [1.54, 1.807) is 35.5 Å². The number of hydrogen-bond donors (Lipinski definition) is 2. The van der Waals surface area contributed by atoms with Crippen LogP contribution in [0.3, 0.4) is 0 Å². The Bertz CT molecular complexity index is 1030. The lowest BCUT2D eigenvalue weighted by atomic mass is 10.2. The first-order valence-corrected chi connectivity index (χ1v) is 10.0. The van der Waals surface area contributed by atoms with Crippen molar-refractivity contribution in [3.8, 4) is 28.7 Å². The minimum atomic E-state index is 0. The molecule has 0 radical (unpaired) electrons. The number of nitrogens with one attached hydrogen (secondary N) is 2. The zero-order valence-corrected chi connectivity index (χ0v) is 21.7. The average Bonchev–Trinajstić information content (AvgIpc) is 3.32. The van der Waals surface area contributed by atoms with Gasteiger partial charge in [-0.3, -0.25) is 4.99 Å². The Hall–Kier alpha value is -3.15. The van der Waals surface area contributed by atoms with Gasteiger partial charge in [-0.1, -0.05) is 0 Å². The Morgan fingerprint density at radius 1 is 0.879 bits per heavy atom. The lowest BCUT2D eigenvalue weighted by molar-refractivity contribution is 0.323. The molecule has 0 saturated heterocycles. The second-order valence-corrected chi connectivity index (χ2v) is 6.76. The number of nitrogens with zero attached hydrogens (tertiary/aromatic N) is 3. The van der Waals surface area contributed by atoms with E-state index in [2.05, 4.69) is 20.7 Å². The molecule has 2 N–H and O–H groups in total. The number of hydrogen-bond acceptors (Lipinski definition) is 6. The quantitative estimate of drug-likeness (QED) is 0.233. The molecule has 9 nitrogen and oxygen atoms in total. The van der Waals surface area contributed by atoms with Gasteiger partial charge in [0.25, 0.3) is 0 Å². The van der Waals surface area contributed by atoms with Crippen molar-refractivity contribution in [2.45, 2.75) is 13.1 Å². The lowest BCUT2D eigenvalue weighted by Gasteiger charge is -2.15. The Balaban J connectivity index is 0.00000385. The van der Waals surface area contributed by atoms with Crippen LogP contribution in [0.15, 0.2) is 53.7 Å². The SMILES string of the molecule is CN=C(NCc1cc(OC)c(OC)c(OC)c1)NCc1ccn(-c2ccc(OC)cc2)n1.I. The molecular weight excluding hydrogens is 537 g/mol. The number of aliphatic imine (C=N–C) groups is 1. The number of halogens is 1. The van der Waals surface area contributed by atoms with E-state index in [4.69, 9.17) is 18.9 Å². The topological polar surface area (TPSA) is 91.2 Å². The molecule has 0 aliphatic heterocycles. The summed E-state index contributed by atoms with van der Waals surface area (Å²) < 4.78 is 23.2. The normalized spacial score (nSPS) is 10.8. The van der Waals surface area contributed by atoms with Gasteiger partial charge in [0.2, 0.25) is 5.75 Å². The molecule has 178 valence electrons. The molecule has 0 bridgehead atoms. The third-order valence-corrected chi connectivity index (χ3v) is 4.83. The first-order chi connectivity index (χ1) is 15.6. The van der Waals surface area contributed by atoms with E-state index in [9.17, 15) is 0 Å². The maximum atomic E-state index is 5.41. The molecule has 3 rings (SSSR count). The molecule has 1 heterocycles. The number of aromatic nitrogens is 2. The van der Waals surface area contributed by atoms with Gasteiger partial charge in [0.05, 0.1) is 46.4 Å². The van der Waals surface area contributed by atoms with Crippen LogP contribution < -0.4 is 29.6 Å². The number of methoxy groups -OCH3 is 4. The molecule has 3 aromatic rings. The predicted molar refractivity (Wildman–Crippen MR) is 139 cm³/mol. The highest BCUT2D eigenvalue weighted by molar-refractivity contribution is 14.0. The molecule has 0 atom stereocenters. The summed E-state index contributed by atoms with van der Waals surface area (Å²) >= 11 is 0. The number of benzene rings is 2. The summed E-state index contributed by atoms with van der Waals surface area (Å²) in [6.45, 7) is 1.05. The van der Waals surface area contributed by atoms with E-state index >= 15 is 0 Å². The molecule has 10 heteroatoms. The van der Waals surface area contributed by atoms with Crippen LogP contribution in [0.2, 0.25) is 0 Å². The van der Waals surface area contributed by atoms with E-state index in [0.29, 0.717) is 36.3 Å². The van der Waals surface area contributed by atoms with Gasteiger partial charge in [0.15, 0.2) is 17.5 Å². The van der Waals surface area contributed by atoms with E-state index < -0.39 is 0 Å². The zero-order valence-electron chi connectivity index (χ0n) is 19.4. The third-order valence-electron chi connectivity index (χ3n) is 4.83. The van der Waals surface area contributed by atoms with E-state index in [1.807, 2.05) is 53.3 Å². The molecule has 0 amide bonds. The Morgan fingerprint density at radius 3 is 2.06 bits per heavy atom. The summed E-state index contributed by atoms with van der Waals surface area (Å²) in [6.07, 6.45) is 1.92. The second kappa shape index (κ2) is 12.8. The predicted octanol–water partition coefficient (Wildman–Crippen LogP) is 3.39. The first kappa shape index (κ1) is 26.1. The Morgan fingerprint density at radius 2 is 1.52 bits per heavy atom. The van der Waals surface area contributed by atoms with Crippen molar-refractivity contribution < 1.29 is 18.9 Å². The van der Waals surface area contributed by atoms with Crippen molar-refractivity contribution in [3.63, 3.8) is 0 Å². The molecule has 0 fully saturated rings. The maximum absolute atomic E-state index is 5.41. The van der Waals surface area contributed by atoms with Crippen molar-refractivity contribution in [1.29, 1.82) is 0 Å². The van der Waals surface area contributed by atoms with Crippen LogP contribution in [0.5, 0.6) is 23.0 Å². The fraction of sp³-hybridized carbons (Fsp3) is 0.304. The zero-order chi connectivity index (χ0) is 22.9. The second-order valence-electron chi connectivity index (χ2n) is 6.76. The third kappa shape index (κ3) is 6.67. The van der Waals surface area contributed by atoms with Crippen LogP contribution >= 0.6 is 24.0 Å². The van der Waals surface area contributed by atoms with Crippen LogP contribution in [-0.2, 0) is 13.1 Å². The number of guanidine groups is 1. The average molecular weight is 567 g/mol. The molecule has 1 aromatic heterocycles. The molecule has 0 saturated carbocycles. The summed E-state index contributed by atoms with van der Waals surface area (Å²) in [4.78, 5) is 4.28. The van der Waals surface area contributed by atoms with E-state index in [1.165, 1.54) is 0 Å². The van der Waals surface area contributed by atoms with Crippen molar-refractivity contribution in [2.24, 2.45) is 4.99 Å². The smallest absolute Gasteiger partial charge is 0.203 e. The highest BCUT2D eigenvalue weighted by Crippen LogP contribution is 2.38. The number of rotatable bonds is 9. The summed E-state index contributed by atoms with van der Waals surface area (Å²) in [5.41, 5.74) is 2.81. The van der Waals surface area contributed by atoms with Gasteiger partial charge in [-0.2, -0.15) is 5.10 Å². The lowest BCUT2D eigenvalue weighted by Crippen LogP contribution is -2.36. The summed E-state index contributed by atoms with van der Waals surface area (Å²) in [7, 11) is 8.15. The maximum Gasteiger partial charge on any atom is 0.203 e. The van der Waals surface area contributed by atoms with Gasteiger partial charge in [0, 0.05) is 19.8 Å². The Labute approximate surface area is 211 Å². The molecular formula is C23H30IN5O4. The largest absolute Gasteiger partial charge is 0.497 e. The molecule has 0 spiro atoms. The first-order valence-electron chi connectivity index (χ1n) is 10.0. The van der Waals surface area contributed by atoms with Crippen molar-refractivity contribution >= 4 is 29.9 Å². The molecule has 0 aliphatic rings. The van der Waals surface area contributed by atoms with Gasteiger partial charge in [-0.15, -0.1) is 24.0 Å². The van der Waals surface area contributed by atoms with Gasteiger partial charge in [-0.25, -0.2) is 4.68 Å². The highest BCUT2D eigenvalue weighted by Gasteiger charge is 2.13. The van der Waals surface area contributed by atoms with Crippen molar-refractivity contribution in [3.05, 3.63) is 59.9 Å². The fourth-order valence-corrected chi connectivity index (χ4v) is 3.15. The number of ether oxygens (including phenoxy) is 4.